The minimum absolute atomic E-state index is 0.667. The van der Waals surface area contributed by atoms with Crippen LogP contribution in [0.3, 0.4) is 0 Å². The topological polar surface area (TPSA) is 66.7 Å². The maximum Gasteiger partial charge on any atom is 0.0591 e. The first-order chi connectivity index (χ1) is 7.66. The van der Waals surface area contributed by atoms with Crippen LogP contribution >= 0.6 is 11.6 Å². The van der Waals surface area contributed by atoms with Crippen molar-refractivity contribution < 1.29 is 0 Å². The van der Waals surface area contributed by atoms with Gasteiger partial charge >= 0.3 is 0 Å². The number of rotatable bonds is 3. The minimum Gasteiger partial charge on any atom is -0.397 e. The Morgan fingerprint density at radius 2 is 2.31 bits per heavy atom. The fraction of sp³-hybridized carbons (Fsp3) is 0.182. The first kappa shape index (κ1) is 10.8. The Hall–Kier alpha value is -1.68. The summed E-state index contributed by atoms with van der Waals surface area (Å²) in [5, 5.41) is 10.7. The molecular formula is C11H13ClN4. The van der Waals surface area contributed by atoms with Gasteiger partial charge in [-0.1, -0.05) is 11.6 Å². The van der Waals surface area contributed by atoms with Crippen LogP contribution in [0.2, 0.25) is 5.02 Å². The van der Waals surface area contributed by atoms with E-state index in [9.17, 15) is 0 Å². The van der Waals surface area contributed by atoms with E-state index in [1.165, 1.54) is 0 Å². The Morgan fingerprint density at radius 1 is 1.50 bits per heavy atom. The SMILES string of the molecule is Cc1[nH]ncc1CNc1cc(Cl)ccc1N. The summed E-state index contributed by atoms with van der Waals surface area (Å²) in [6.07, 6.45) is 1.79. The quantitative estimate of drug-likeness (QED) is 0.718. The molecule has 2 rings (SSSR count). The van der Waals surface area contributed by atoms with Crippen LogP contribution in [0.25, 0.3) is 0 Å². The molecule has 2 aromatic rings. The molecule has 0 aliphatic heterocycles. The number of nitrogens with two attached hydrogens (primary N) is 1. The predicted molar refractivity (Wildman–Crippen MR) is 66.5 cm³/mol. The zero-order valence-electron chi connectivity index (χ0n) is 8.92. The number of aromatic nitrogens is 2. The van der Waals surface area contributed by atoms with Crippen molar-refractivity contribution >= 4 is 23.0 Å². The molecule has 0 unspecified atom stereocenters. The molecule has 1 heterocycles. The van der Waals surface area contributed by atoms with Crippen LogP contribution < -0.4 is 11.1 Å². The third kappa shape index (κ3) is 2.28. The highest BCUT2D eigenvalue weighted by atomic mass is 35.5. The van der Waals surface area contributed by atoms with Crippen LogP contribution in [0.5, 0.6) is 0 Å². The van der Waals surface area contributed by atoms with Gasteiger partial charge in [-0.25, -0.2) is 0 Å². The monoisotopic (exact) mass is 236 g/mol. The molecule has 0 saturated heterocycles. The van der Waals surface area contributed by atoms with Crippen molar-refractivity contribution in [3.63, 3.8) is 0 Å². The second kappa shape index (κ2) is 4.45. The fourth-order valence-corrected chi connectivity index (χ4v) is 1.60. The van der Waals surface area contributed by atoms with E-state index in [1.807, 2.05) is 13.0 Å². The molecule has 0 atom stereocenters. The Morgan fingerprint density at radius 3 is 3.00 bits per heavy atom. The lowest BCUT2D eigenvalue weighted by molar-refractivity contribution is 1.04. The third-order valence-electron chi connectivity index (χ3n) is 2.42. The summed E-state index contributed by atoms with van der Waals surface area (Å²) >= 11 is 5.89. The molecule has 16 heavy (non-hydrogen) atoms. The van der Waals surface area contributed by atoms with Gasteiger partial charge in [0.05, 0.1) is 17.6 Å². The highest BCUT2D eigenvalue weighted by Gasteiger charge is 2.02. The lowest BCUT2D eigenvalue weighted by Crippen LogP contribution is -2.02. The average molecular weight is 237 g/mol. The lowest BCUT2D eigenvalue weighted by Gasteiger charge is -2.09. The standard InChI is InChI=1S/C11H13ClN4/c1-7-8(6-15-16-7)5-14-11-4-9(12)2-3-10(11)13/h2-4,6,14H,5,13H2,1H3,(H,15,16). The number of nitrogens with zero attached hydrogens (tertiary/aromatic N) is 1. The van der Waals surface area contributed by atoms with Gasteiger partial charge in [0, 0.05) is 22.8 Å². The Balaban J connectivity index is 2.10. The number of hydrogen-bond donors (Lipinski definition) is 3. The molecule has 0 radical (unpaired) electrons. The molecule has 0 saturated carbocycles. The molecule has 84 valence electrons. The Kier molecular flexibility index (Phi) is 3.01. The van der Waals surface area contributed by atoms with Crippen LogP contribution in [-0.4, -0.2) is 10.2 Å². The van der Waals surface area contributed by atoms with Crippen LogP contribution in [0.4, 0.5) is 11.4 Å². The van der Waals surface area contributed by atoms with Crippen LogP contribution in [-0.2, 0) is 6.54 Å². The number of halogens is 1. The number of nitrogens with one attached hydrogen (secondary N) is 2. The number of aromatic amines is 1. The van der Waals surface area contributed by atoms with Gasteiger partial charge in [-0.15, -0.1) is 0 Å². The maximum absolute atomic E-state index is 5.89. The summed E-state index contributed by atoms with van der Waals surface area (Å²) in [5.41, 5.74) is 9.51. The van der Waals surface area contributed by atoms with Crippen molar-refractivity contribution in [1.29, 1.82) is 0 Å². The summed E-state index contributed by atoms with van der Waals surface area (Å²) in [4.78, 5) is 0. The third-order valence-corrected chi connectivity index (χ3v) is 2.65. The zero-order chi connectivity index (χ0) is 11.5. The van der Waals surface area contributed by atoms with E-state index in [1.54, 1.807) is 18.3 Å². The van der Waals surface area contributed by atoms with Crippen molar-refractivity contribution in [3.05, 3.63) is 40.7 Å². The number of H-pyrrole nitrogens is 1. The number of benzene rings is 1. The second-order valence-electron chi connectivity index (χ2n) is 3.61. The number of anilines is 2. The van der Waals surface area contributed by atoms with Gasteiger partial charge in [0.15, 0.2) is 0 Å². The van der Waals surface area contributed by atoms with E-state index in [4.69, 9.17) is 17.3 Å². The van der Waals surface area contributed by atoms with E-state index >= 15 is 0 Å². The number of aryl methyl sites for hydroxylation is 1. The molecule has 4 N–H and O–H groups in total. The van der Waals surface area contributed by atoms with Crippen molar-refractivity contribution in [2.75, 3.05) is 11.1 Å². The smallest absolute Gasteiger partial charge is 0.0591 e. The first-order valence-electron chi connectivity index (χ1n) is 4.94. The molecule has 0 fully saturated rings. The van der Waals surface area contributed by atoms with Gasteiger partial charge in [-0.2, -0.15) is 5.10 Å². The molecule has 0 aliphatic carbocycles. The summed E-state index contributed by atoms with van der Waals surface area (Å²) in [7, 11) is 0. The summed E-state index contributed by atoms with van der Waals surface area (Å²) in [6, 6.07) is 5.37. The normalized spacial score (nSPS) is 10.4. The van der Waals surface area contributed by atoms with Crippen LogP contribution in [0.1, 0.15) is 11.3 Å². The highest BCUT2D eigenvalue weighted by molar-refractivity contribution is 6.31. The van der Waals surface area contributed by atoms with E-state index in [0.717, 1.165) is 16.9 Å². The lowest BCUT2D eigenvalue weighted by atomic mass is 10.2. The summed E-state index contributed by atoms with van der Waals surface area (Å²) in [6.45, 7) is 2.65. The average Bonchev–Trinajstić information content (AvgIpc) is 2.66. The zero-order valence-corrected chi connectivity index (χ0v) is 9.67. The Bertz CT molecular complexity index is 492. The van der Waals surface area contributed by atoms with Gasteiger partial charge in [0.1, 0.15) is 0 Å². The van der Waals surface area contributed by atoms with Gasteiger partial charge in [0.25, 0.3) is 0 Å². The fourth-order valence-electron chi connectivity index (χ4n) is 1.43. The second-order valence-corrected chi connectivity index (χ2v) is 4.04. The number of nitrogen functional groups attached to an aromatic ring is 1. The van der Waals surface area contributed by atoms with Gasteiger partial charge < -0.3 is 11.1 Å². The molecular weight excluding hydrogens is 224 g/mol. The van der Waals surface area contributed by atoms with Crippen LogP contribution in [0.15, 0.2) is 24.4 Å². The maximum atomic E-state index is 5.89. The van der Waals surface area contributed by atoms with Gasteiger partial charge in [-0.05, 0) is 25.1 Å². The number of hydrogen-bond acceptors (Lipinski definition) is 3. The largest absolute Gasteiger partial charge is 0.397 e. The van der Waals surface area contributed by atoms with Gasteiger partial charge in [-0.3, -0.25) is 5.10 Å². The summed E-state index contributed by atoms with van der Waals surface area (Å²) in [5.74, 6) is 0. The van der Waals surface area contributed by atoms with Crippen molar-refractivity contribution in [2.24, 2.45) is 0 Å². The van der Waals surface area contributed by atoms with E-state index in [-0.39, 0.29) is 0 Å². The molecule has 4 nitrogen and oxygen atoms in total. The van der Waals surface area contributed by atoms with Crippen molar-refractivity contribution in [2.45, 2.75) is 13.5 Å². The molecule has 0 spiro atoms. The molecule has 1 aromatic heterocycles. The molecule has 0 bridgehead atoms. The molecule has 5 heteroatoms. The van der Waals surface area contributed by atoms with Crippen molar-refractivity contribution in [3.8, 4) is 0 Å². The van der Waals surface area contributed by atoms with E-state index in [0.29, 0.717) is 17.3 Å². The molecule has 0 amide bonds. The summed E-state index contributed by atoms with van der Waals surface area (Å²) < 4.78 is 0. The van der Waals surface area contributed by atoms with Crippen molar-refractivity contribution in [1.82, 2.24) is 10.2 Å². The Labute approximate surface area is 98.8 Å². The van der Waals surface area contributed by atoms with Gasteiger partial charge in [0.2, 0.25) is 0 Å². The first-order valence-corrected chi connectivity index (χ1v) is 5.32. The minimum atomic E-state index is 0.667. The molecule has 0 aliphatic rings. The van der Waals surface area contributed by atoms with Crippen LogP contribution in [0, 0.1) is 6.92 Å². The molecule has 1 aromatic carbocycles. The predicted octanol–water partition coefficient (Wildman–Crippen LogP) is 2.57. The van der Waals surface area contributed by atoms with E-state index in [2.05, 4.69) is 15.5 Å². The highest BCUT2D eigenvalue weighted by Crippen LogP contribution is 2.23. The van der Waals surface area contributed by atoms with E-state index < -0.39 is 0 Å².